The summed E-state index contributed by atoms with van der Waals surface area (Å²) < 4.78 is 0. The van der Waals surface area contributed by atoms with Crippen LogP contribution in [0, 0.1) is 5.92 Å². The van der Waals surface area contributed by atoms with Crippen LogP contribution in [0.5, 0.6) is 0 Å². The van der Waals surface area contributed by atoms with E-state index >= 15 is 0 Å². The quantitative estimate of drug-likeness (QED) is 0.844. The molecular weight excluding hydrogens is 264 g/mol. The van der Waals surface area contributed by atoms with Crippen molar-refractivity contribution in [3.05, 3.63) is 30.3 Å². The van der Waals surface area contributed by atoms with Gasteiger partial charge in [-0.15, -0.1) is 24.2 Å². The van der Waals surface area contributed by atoms with Gasteiger partial charge in [-0.25, -0.2) is 0 Å². The first kappa shape index (κ1) is 15.8. The molecule has 4 heteroatoms. The van der Waals surface area contributed by atoms with Crippen molar-refractivity contribution in [2.75, 3.05) is 31.9 Å². The van der Waals surface area contributed by atoms with E-state index in [1.165, 1.54) is 43.1 Å². The summed E-state index contributed by atoms with van der Waals surface area (Å²) in [6.07, 6.45) is 2.64. The molecule has 1 atom stereocenters. The van der Waals surface area contributed by atoms with Crippen molar-refractivity contribution in [1.82, 2.24) is 4.90 Å². The van der Waals surface area contributed by atoms with Crippen LogP contribution in [0.25, 0.3) is 0 Å². The number of hydrogen-bond acceptors (Lipinski definition) is 3. The highest BCUT2D eigenvalue weighted by Crippen LogP contribution is 2.19. The fourth-order valence-corrected chi connectivity index (χ4v) is 3.29. The third kappa shape index (κ3) is 5.19. The average molecular weight is 287 g/mol. The Bertz CT molecular complexity index is 321. The number of nitrogens with two attached hydrogens (primary N) is 1. The van der Waals surface area contributed by atoms with E-state index in [0.29, 0.717) is 0 Å². The van der Waals surface area contributed by atoms with Crippen molar-refractivity contribution in [3.8, 4) is 0 Å². The molecule has 1 aromatic carbocycles. The zero-order chi connectivity index (χ0) is 11.9. The largest absolute Gasteiger partial charge is 0.330 e. The molecular formula is C14H23ClN2S. The van der Waals surface area contributed by atoms with Crippen molar-refractivity contribution in [2.45, 2.75) is 17.7 Å². The van der Waals surface area contributed by atoms with E-state index < -0.39 is 0 Å². The van der Waals surface area contributed by atoms with Crippen LogP contribution in [0.2, 0.25) is 0 Å². The lowest BCUT2D eigenvalue weighted by molar-refractivity contribution is 0.188. The van der Waals surface area contributed by atoms with Gasteiger partial charge in [0.15, 0.2) is 0 Å². The number of benzene rings is 1. The number of piperidine rings is 1. The van der Waals surface area contributed by atoms with Crippen molar-refractivity contribution < 1.29 is 0 Å². The summed E-state index contributed by atoms with van der Waals surface area (Å²) in [5, 5.41) is 0. The molecule has 2 rings (SSSR count). The molecule has 1 aliphatic rings. The second-order valence-electron chi connectivity index (χ2n) is 4.71. The summed E-state index contributed by atoms with van der Waals surface area (Å²) in [5.74, 6) is 1.91. The van der Waals surface area contributed by atoms with E-state index in [9.17, 15) is 0 Å². The van der Waals surface area contributed by atoms with Gasteiger partial charge < -0.3 is 10.6 Å². The summed E-state index contributed by atoms with van der Waals surface area (Å²) in [5.41, 5.74) is 5.75. The number of halogens is 1. The lowest BCUT2D eigenvalue weighted by atomic mass is 9.98. The second-order valence-corrected chi connectivity index (χ2v) is 5.87. The average Bonchev–Trinajstić information content (AvgIpc) is 2.40. The lowest BCUT2D eigenvalue weighted by Gasteiger charge is -2.31. The lowest BCUT2D eigenvalue weighted by Crippen LogP contribution is -2.39. The standard InChI is InChI=1S/C14H22N2S.ClH/c15-11-13-5-4-8-16(12-13)9-10-17-14-6-2-1-3-7-14;/h1-3,6-7,13H,4-5,8-12,15H2;1H. The Morgan fingerprint density at radius 1 is 1.28 bits per heavy atom. The summed E-state index contributed by atoms with van der Waals surface area (Å²) in [4.78, 5) is 3.94. The summed E-state index contributed by atoms with van der Waals surface area (Å²) in [6.45, 7) is 4.50. The van der Waals surface area contributed by atoms with Crippen molar-refractivity contribution in [3.63, 3.8) is 0 Å². The van der Waals surface area contributed by atoms with Crippen LogP contribution in [0.3, 0.4) is 0 Å². The highest BCUT2D eigenvalue weighted by atomic mass is 35.5. The van der Waals surface area contributed by atoms with Gasteiger partial charge in [0, 0.05) is 23.7 Å². The molecule has 0 aromatic heterocycles. The van der Waals surface area contributed by atoms with Gasteiger partial charge in [0.25, 0.3) is 0 Å². The smallest absolute Gasteiger partial charge is 0.0108 e. The van der Waals surface area contributed by atoms with Crippen LogP contribution in [0.1, 0.15) is 12.8 Å². The van der Waals surface area contributed by atoms with E-state index in [2.05, 4.69) is 35.2 Å². The van der Waals surface area contributed by atoms with Gasteiger partial charge in [-0.2, -0.15) is 0 Å². The van der Waals surface area contributed by atoms with Crippen LogP contribution >= 0.6 is 24.2 Å². The Balaban J connectivity index is 0.00000162. The van der Waals surface area contributed by atoms with Gasteiger partial charge in [0.1, 0.15) is 0 Å². The Morgan fingerprint density at radius 3 is 2.78 bits per heavy atom. The molecule has 18 heavy (non-hydrogen) atoms. The van der Waals surface area contributed by atoms with Crippen LogP contribution in [0.15, 0.2) is 35.2 Å². The normalized spacial score (nSPS) is 20.4. The minimum Gasteiger partial charge on any atom is -0.330 e. The molecule has 2 nitrogen and oxygen atoms in total. The van der Waals surface area contributed by atoms with Gasteiger partial charge in [-0.1, -0.05) is 18.2 Å². The Hall–Kier alpha value is -0.220. The van der Waals surface area contributed by atoms with E-state index in [4.69, 9.17) is 5.73 Å². The molecule has 1 saturated heterocycles. The minimum atomic E-state index is 0. The second kappa shape index (κ2) is 8.81. The topological polar surface area (TPSA) is 29.3 Å². The molecule has 1 fully saturated rings. The van der Waals surface area contributed by atoms with E-state index in [1.54, 1.807) is 0 Å². The summed E-state index contributed by atoms with van der Waals surface area (Å²) in [6, 6.07) is 10.6. The Morgan fingerprint density at radius 2 is 2.06 bits per heavy atom. The number of nitrogens with zero attached hydrogens (tertiary/aromatic N) is 1. The first-order valence-corrected chi connectivity index (χ1v) is 7.47. The van der Waals surface area contributed by atoms with Crippen LogP contribution < -0.4 is 5.73 Å². The molecule has 0 radical (unpaired) electrons. The molecule has 2 N–H and O–H groups in total. The highest BCUT2D eigenvalue weighted by molar-refractivity contribution is 7.99. The molecule has 0 amide bonds. The maximum Gasteiger partial charge on any atom is 0.0108 e. The number of thioether (sulfide) groups is 1. The molecule has 102 valence electrons. The molecule has 1 aromatic rings. The molecule has 1 heterocycles. The van der Waals surface area contributed by atoms with E-state index in [1.807, 2.05) is 11.8 Å². The Labute approximate surface area is 121 Å². The minimum absolute atomic E-state index is 0. The van der Waals surface area contributed by atoms with Gasteiger partial charge >= 0.3 is 0 Å². The first-order chi connectivity index (χ1) is 8.38. The van der Waals surface area contributed by atoms with Crippen LogP contribution in [0.4, 0.5) is 0 Å². The zero-order valence-electron chi connectivity index (χ0n) is 10.8. The van der Waals surface area contributed by atoms with Crippen molar-refractivity contribution in [1.29, 1.82) is 0 Å². The number of hydrogen-bond donors (Lipinski definition) is 1. The summed E-state index contributed by atoms with van der Waals surface area (Å²) in [7, 11) is 0. The maximum atomic E-state index is 5.75. The third-order valence-corrected chi connectivity index (χ3v) is 4.35. The van der Waals surface area contributed by atoms with E-state index in [-0.39, 0.29) is 12.4 Å². The van der Waals surface area contributed by atoms with Gasteiger partial charge in [0.2, 0.25) is 0 Å². The number of rotatable bonds is 5. The predicted octanol–water partition coefficient (Wildman–Crippen LogP) is 2.87. The highest BCUT2D eigenvalue weighted by Gasteiger charge is 2.17. The van der Waals surface area contributed by atoms with Crippen LogP contribution in [-0.4, -0.2) is 36.8 Å². The van der Waals surface area contributed by atoms with Gasteiger partial charge in [-0.3, -0.25) is 0 Å². The fraction of sp³-hybridized carbons (Fsp3) is 0.571. The van der Waals surface area contributed by atoms with Gasteiger partial charge in [-0.05, 0) is 44.0 Å². The fourth-order valence-electron chi connectivity index (χ4n) is 2.36. The molecule has 0 bridgehead atoms. The van der Waals surface area contributed by atoms with Crippen LogP contribution in [-0.2, 0) is 0 Å². The molecule has 0 aliphatic carbocycles. The SMILES string of the molecule is Cl.NCC1CCCN(CCSc2ccccc2)C1. The van der Waals surface area contributed by atoms with E-state index in [0.717, 1.165) is 12.5 Å². The molecule has 0 saturated carbocycles. The molecule has 1 aliphatic heterocycles. The summed E-state index contributed by atoms with van der Waals surface area (Å²) >= 11 is 1.95. The van der Waals surface area contributed by atoms with Crippen molar-refractivity contribution in [2.24, 2.45) is 11.7 Å². The first-order valence-electron chi connectivity index (χ1n) is 6.49. The monoisotopic (exact) mass is 286 g/mol. The zero-order valence-corrected chi connectivity index (χ0v) is 12.4. The third-order valence-electron chi connectivity index (χ3n) is 3.36. The molecule has 0 spiro atoms. The maximum absolute atomic E-state index is 5.75. The van der Waals surface area contributed by atoms with Crippen molar-refractivity contribution >= 4 is 24.2 Å². The predicted molar refractivity (Wildman–Crippen MR) is 82.6 cm³/mol. The molecule has 1 unspecified atom stereocenters. The van der Waals surface area contributed by atoms with Gasteiger partial charge in [0.05, 0.1) is 0 Å². The Kier molecular flexibility index (Phi) is 7.75. The number of likely N-dealkylation sites (tertiary alicyclic amines) is 1.